The summed E-state index contributed by atoms with van der Waals surface area (Å²) >= 11 is 0. The molecule has 0 bridgehead atoms. The fraction of sp³-hybridized carbons (Fsp3) is 0.375. The van der Waals surface area contributed by atoms with Crippen molar-refractivity contribution in [3.8, 4) is 5.75 Å². The Morgan fingerprint density at radius 2 is 1.82 bits per heavy atom. The Labute approximate surface area is 103 Å². The maximum Gasteiger partial charge on any atom is 0.123 e. The molecule has 1 heterocycles. The van der Waals surface area contributed by atoms with Gasteiger partial charge >= 0.3 is 0 Å². The Hall–Kier alpha value is -1.50. The van der Waals surface area contributed by atoms with Gasteiger partial charge in [-0.1, -0.05) is 37.6 Å². The van der Waals surface area contributed by atoms with Crippen LogP contribution in [-0.4, -0.2) is 6.61 Å². The standard InChI is InChI=1S/C14H14O.C2H6/c1-10-4-5-11-9-14-12(3-2-6-15-14)8-13(11)7-10;1-2/h4-5,7-9H,2-3,6H2,1H3;1-2H3. The summed E-state index contributed by atoms with van der Waals surface area (Å²) in [5.74, 6) is 1.08. The lowest BCUT2D eigenvalue weighted by Crippen LogP contribution is -2.07. The highest BCUT2D eigenvalue weighted by atomic mass is 16.5. The number of hydrogen-bond acceptors (Lipinski definition) is 1. The van der Waals surface area contributed by atoms with Gasteiger partial charge in [0, 0.05) is 0 Å². The highest BCUT2D eigenvalue weighted by molar-refractivity contribution is 5.85. The Morgan fingerprint density at radius 3 is 2.65 bits per heavy atom. The van der Waals surface area contributed by atoms with Crippen LogP contribution in [0.1, 0.15) is 31.4 Å². The van der Waals surface area contributed by atoms with Crippen molar-refractivity contribution in [2.24, 2.45) is 0 Å². The molecule has 0 saturated heterocycles. The summed E-state index contributed by atoms with van der Waals surface area (Å²) in [5.41, 5.74) is 2.68. The van der Waals surface area contributed by atoms with Crippen molar-refractivity contribution < 1.29 is 4.74 Å². The molecule has 0 atom stereocenters. The van der Waals surface area contributed by atoms with Gasteiger partial charge in [-0.15, -0.1) is 0 Å². The molecule has 90 valence electrons. The van der Waals surface area contributed by atoms with E-state index in [1.54, 1.807) is 0 Å². The van der Waals surface area contributed by atoms with Crippen molar-refractivity contribution in [2.75, 3.05) is 6.61 Å². The molecule has 1 nitrogen and oxygen atoms in total. The predicted octanol–water partition coefficient (Wildman–Crippen LogP) is 4.50. The van der Waals surface area contributed by atoms with Crippen LogP contribution >= 0.6 is 0 Å². The topological polar surface area (TPSA) is 9.23 Å². The number of rotatable bonds is 0. The first kappa shape index (κ1) is 12.0. The minimum atomic E-state index is 0.865. The van der Waals surface area contributed by atoms with Gasteiger partial charge in [0.25, 0.3) is 0 Å². The van der Waals surface area contributed by atoms with Crippen LogP contribution in [0.3, 0.4) is 0 Å². The van der Waals surface area contributed by atoms with Gasteiger partial charge in [-0.3, -0.25) is 0 Å². The molecular formula is C16H20O. The smallest absolute Gasteiger partial charge is 0.123 e. The fourth-order valence-corrected chi connectivity index (χ4v) is 2.22. The molecule has 0 amide bonds. The van der Waals surface area contributed by atoms with E-state index in [1.165, 1.54) is 21.9 Å². The van der Waals surface area contributed by atoms with Gasteiger partial charge in [-0.05, 0) is 48.2 Å². The minimum Gasteiger partial charge on any atom is -0.493 e. The molecule has 17 heavy (non-hydrogen) atoms. The average molecular weight is 228 g/mol. The second-order valence-corrected chi connectivity index (χ2v) is 4.26. The molecule has 1 heteroatoms. The zero-order chi connectivity index (χ0) is 12.3. The predicted molar refractivity (Wildman–Crippen MR) is 73.8 cm³/mol. The van der Waals surface area contributed by atoms with Gasteiger partial charge in [0.05, 0.1) is 6.61 Å². The molecule has 0 spiro atoms. The van der Waals surface area contributed by atoms with Gasteiger partial charge in [-0.25, -0.2) is 0 Å². The summed E-state index contributed by atoms with van der Waals surface area (Å²) < 4.78 is 5.66. The Bertz CT molecular complexity index is 514. The molecular weight excluding hydrogens is 208 g/mol. The van der Waals surface area contributed by atoms with E-state index in [-0.39, 0.29) is 0 Å². The quantitative estimate of drug-likeness (QED) is 0.645. The first-order chi connectivity index (χ1) is 8.33. The van der Waals surface area contributed by atoms with Crippen LogP contribution in [0.2, 0.25) is 0 Å². The molecule has 0 radical (unpaired) electrons. The third-order valence-electron chi connectivity index (χ3n) is 3.02. The van der Waals surface area contributed by atoms with Crippen molar-refractivity contribution in [1.82, 2.24) is 0 Å². The third-order valence-corrected chi connectivity index (χ3v) is 3.02. The maximum atomic E-state index is 5.66. The van der Waals surface area contributed by atoms with Gasteiger partial charge < -0.3 is 4.74 Å². The fourth-order valence-electron chi connectivity index (χ4n) is 2.22. The van der Waals surface area contributed by atoms with Crippen molar-refractivity contribution in [1.29, 1.82) is 0 Å². The number of fused-ring (bicyclic) bond motifs is 2. The zero-order valence-corrected chi connectivity index (χ0v) is 10.9. The average Bonchev–Trinajstić information content (AvgIpc) is 2.38. The van der Waals surface area contributed by atoms with Crippen LogP contribution < -0.4 is 4.74 Å². The molecule has 2 aromatic carbocycles. The molecule has 0 N–H and O–H groups in total. The molecule has 0 aliphatic carbocycles. The first-order valence-electron chi connectivity index (χ1n) is 6.49. The lowest BCUT2D eigenvalue weighted by atomic mass is 10.00. The van der Waals surface area contributed by atoms with E-state index >= 15 is 0 Å². The van der Waals surface area contributed by atoms with E-state index in [4.69, 9.17) is 4.74 Å². The van der Waals surface area contributed by atoms with Gasteiger partial charge in [-0.2, -0.15) is 0 Å². The SMILES string of the molecule is CC.Cc1ccc2cc3c(cc2c1)CCCO3. The highest BCUT2D eigenvalue weighted by Crippen LogP contribution is 2.30. The van der Waals surface area contributed by atoms with E-state index in [0.29, 0.717) is 0 Å². The number of benzene rings is 2. The van der Waals surface area contributed by atoms with E-state index in [2.05, 4.69) is 37.3 Å². The van der Waals surface area contributed by atoms with Crippen LogP contribution in [0.25, 0.3) is 10.8 Å². The van der Waals surface area contributed by atoms with Crippen LogP contribution in [-0.2, 0) is 6.42 Å². The van der Waals surface area contributed by atoms with Crippen molar-refractivity contribution >= 4 is 10.8 Å². The summed E-state index contributed by atoms with van der Waals surface area (Å²) in [6, 6.07) is 11.0. The van der Waals surface area contributed by atoms with Crippen LogP contribution in [0.4, 0.5) is 0 Å². The van der Waals surface area contributed by atoms with E-state index < -0.39 is 0 Å². The molecule has 0 aromatic heterocycles. The Morgan fingerprint density at radius 1 is 1.00 bits per heavy atom. The molecule has 1 aliphatic rings. The monoisotopic (exact) mass is 228 g/mol. The minimum absolute atomic E-state index is 0.865. The van der Waals surface area contributed by atoms with Gasteiger partial charge in [0.1, 0.15) is 5.75 Å². The zero-order valence-electron chi connectivity index (χ0n) is 10.9. The van der Waals surface area contributed by atoms with Gasteiger partial charge in [0.15, 0.2) is 0 Å². The normalized spacial score (nSPS) is 13.4. The van der Waals surface area contributed by atoms with Crippen LogP contribution in [0.15, 0.2) is 30.3 Å². The third kappa shape index (κ3) is 2.44. The van der Waals surface area contributed by atoms with Crippen molar-refractivity contribution in [3.05, 3.63) is 41.5 Å². The first-order valence-corrected chi connectivity index (χ1v) is 6.49. The van der Waals surface area contributed by atoms with E-state index in [0.717, 1.165) is 25.2 Å². The Kier molecular flexibility index (Phi) is 3.68. The summed E-state index contributed by atoms with van der Waals surface area (Å²) in [7, 11) is 0. The molecule has 1 aliphatic heterocycles. The van der Waals surface area contributed by atoms with Gasteiger partial charge in [0.2, 0.25) is 0 Å². The molecule has 2 aromatic rings. The number of ether oxygens (including phenoxy) is 1. The lowest BCUT2D eigenvalue weighted by Gasteiger charge is -2.17. The largest absolute Gasteiger partial charge is 0.493 e. The molecule has 0 fully saturated rings. The number of aryl methyl sites for hydroxylation is 2. The molecule has 0 unspecified atom stereocenters. The Balaban J connectivity index is 0.000000514. The second-order valence-electron chi connectivity index (χ2n) is 4.26. The highest BCUT2D eigenvalue weighted by Gasteiger charge is 2.10. The summed E-state index contributed by atoms with van der Waals surface area (Å²) in [5, 5.41) is 2.61. The molecule has 3 rings (SSSR count). The van der Waals surface area contributed by atoms with E-state index in [9.17, 15) is 0 Å². The van der Waals surface area contributed by atoms with Crippen LogP contribution in [0.5, 0.6) is 5.75 Å². The van der Waals surface area contributed by atoms with Crippen molar-refractivity contribution in [3.63, 3.8) is 0 Å². The molecule has 0 saturated carbocycles. The summed E-state index contributed by atoms with van der Waals surface area (Å²) in [4.78, 5) is 0. The maximum absolute atomic E-state index is 5.66. The summed E-state index contributed by atoms with van der Waals surface area (Å²) in [6.07, 6.45) is 2.30. The van der Waals surface area contributed by atoms with Crippen molar-refractivity contribution in [2.45, 2.75) is 33.6 Å². The van der Waals surface area contributed by atoms with E-state index in [1.807, 2.05) is 13.8 Å². The lowest BCUT2D eigenvalue weighted by molar-refractivity contribution is 0.289. The van der Waals surface area contributed by atoms with Crippen LogP contribution in [0, 0.1) is 6.92 Å². The summed E-state index contributed by atoms with van der Waals surface area (Å²) in [6.45, 7) is 7.00. The second kappa shape index (κ2) is 5.22. The number of hydrogen-bond donors (Lipinski definition) is 0.